The Labute approximate surface area is 239 Å². The highest BCUT2D eigenvalue weighted by atomic mass is 35.5. The summed E-state index contributed by atoms with van der Waals surface area (Å²) in [6, 6.07) is 33.3. The molecular formula is C31H22ClN3O2S2. The van der Waals surface area contributed by atoms with Crippen LogP contribution in [0.25, 0.3) is 16.3 Å². The van der Waals surface area contributed by atoms with Gasteiger partial charge in [-0.3, -0.25) is 4.79 Å². The molecule has 0 saturated carbocycles. The molecule has 0 fully saturated rings. The van der Waals surface area contributed by atoms with Crippen LogP contribution in [0.3, 0.4) is 0 Å². The van der Waals surface area contributed by atoms with Gasteiger partial charge in [-0.2, -0.15) is 10.1 Å². The Hall–Kier alpha value is -3.91. The van der Waals surface area contributed by atoms with Crippen LogP contribution >= 0.6 is 34.7 Å². The quantitative estimate of drug-likeness (QED) is 0.140. The van der Waals surface area contributed by atoms with E-state index >= 15 is 0 Å². The summed E-state index contributed by atoms with van der Waals surface area (Å²) in [7, 11) is 0. The Kier molecular flexibility index (Phi) is 7.45. The van der Waals surface area contributed by atoms with E-state index < -0.39 is 0 Å². The SMILES string of the molecule is O=C1/C(=C\c2ccc(OCc3ccccc3)cc2)C(CSc2ccc(Cl)cc2)=NN1c1nc2ccccc2s1. The second-order valence-electron chi connectivity index (χ2n) is 8.77. The number of rotatable bonds is 8. The lowest BCUT2D eigenvalue weighted by Crippen LogP contribution is -2.21. The predicted molar refractivity (Wildman–Crippen MR) is 162 cm³/mol. The average Bonchev–Trinajstić information content (AvgIpc) is 3.54. The van der Waals surface area contributed by atoms with Gasteiger partial charge < -0.3 is 4.74 Å². The Balaban J connectivity index is 1.25. The molecule has 1 amide bonds. The molecular weight excluding hydrogens is 546 g/mol. The summed E-state index contributed by atoms with van der Waals surface area (Å²) in [6.45, 7) is 0.496. The van der Waals surface area contributed by atoms with Crippen molar-refractivity contribution in [3.05, 3.63) is 125 Å². The Morgan fingerprint density at radius 2 is 1.64 bits per heavy atom. The molecule has 8 heteroatoms. The van der Waals surface area contributed by atoms with Crippen molar-refractivity contribution in [2.75, 3.05) is 10.8 Å². The number of halogens is 1. The van der Waals surface area contributed by atoms with Crippen molar-refractivity contribution < 1.29 is 9.53 Å². The van der Waals surface area contributed by atoms with Crippen molar-refractivity contribution in [1.82, 2.24) is 4.98 Å². The number of fused-ring (bicyclic) bond motifs is 1. The molecule has 39 heavy (non-hydrogen) atoms. The van der Waals surface area contributed by atoms with E-state index in [1.54, 1.807) is 11.8 Å². The van der Waals surface area contributed by atoms with Gasteiger partial charge in [0.25, 0.3) is 5.91 Å². The summed E-state index contributed by atoms with van der Waals surface area (Å²) >= 11 is 9.10. The fourth-order valence-corrected chi connectivity index (χ4v) is 5.93. The summed E-state index contributed by atoms with van der Waals surface area (Å²) in [5.74, 6) is 1.10. The van der Waals surface area contributed by atoms with Crippen LogP contribution in [0.15, 0.2) is 119 Å². The Morgan fingerprint density at radius 3 is 2.41 bits per heavy atom. The third-order valence-electron chi connectivity index (χ3n) is 6.05. The van der Waals surface area contributed by atoms with Gasteiger partial charge >= 0.3 is 0 Å². The summed E-state index contributed by atoms with van der Waals surface area (Å²) in [5, 5.41) is 7.40. The van der Waals surface area contributed by atoms with Crippen LogP contribution < -0.4 is 9.75 Å². The molecule has 4 aromatic carbocycles. The first-order valence-corrected chi connectivity index (χ1v) is 14.5. The van der Waals surface area contributed by atoms with Crippen LogP contribution in [0.4, 0.5) is 5.13 Å². The molecule has 0 N–H and O–H groups in total. The van der Waals surface area contributed by atoms with Gasteiger partial charge in [-0.05, 0) is 65.7 Å². The van der Waals surface area contributed by atoms with Crippen molar-refractivity contribution in [2.24, 2.45) is 5.10 Å². The van der Waals surface area contributed by atoms with Crippen LogP contribution in [0.2, 0.25) is 5.02 Å². The maximum Gasteiger partial charge on any atom is 0.282 e. The number of hydrogen-bond acceptors (Lipinski definition) is 6. The number of ether oxygens (including phenoxy) is 1. The lowest BCUT2D eigenvalue weighted by atomic mass is 10.1. The van der Waals surface area contributed by atoms with Gasteiger partial charge in [0.2, 0.25) is 5.13 Å². The lowest BCUT2D eigenvalue weighted by molar-refractivity contribution is -0.114. The van der Waals surface area contributed by atoms with E-state index in [4.69, 9.17) is 21.4 Å². The summed E-state index contributed by atoms with van der Waals surface area (Å²) in [4.78, 5) is 19.3. The van der Waals surface area contributed by atoms with E-state index in [1.165, 1.54) is 16.3 Å². The highest BCUT2D eigenvalue weighted by Crippen LogP contribution is 2.34. The highest BCUT2D eigenvalue weighted by Gasteiger charge is 2.33. The normalized spacial score (nSPS) is 14.3. The number of thiazole rings is 1. The minimum atomic E-state index is -0.190. The summed E-state index contributed by atoms with van der Waals surface area (Å²) in [5.41, 5.74) is 4.09. The molecule has 1 aliphatic heterocycles. The standard InChI is InChI=1S/C31H22ClN3O2S2/c32-23-12-16-25(17-13-23)38-20-28-26(30(36)35(34-28)31-33-27-8-4-5-9-29(27)39-31)18-21-10-14-24(15-11-21)37-19-22-6-2-1-3-7-22/h1-18H,19-20H2/b26-18-. The number of amides is 1. The maximum absolute atomic E-state index is 13.6. The van der Waals surface area contributed by atoms with Crippen molar-refractivity contribution in [3.8, 4) is 5.75 Å². The first-order chi connectivity index (χ1) is 19.1. The number of nitrogens with zero attached hydrogens (tertiary/aromatic N) is 3. The fraction of sp³-hybridized carbons (Fsp3) is 0.0645. The van der Waals surface area contributed by atoms with Gasteiger partial charge in [0.05, 0.1) is 21.5 Å². The number of benzene rings is 4. The van der Waals surface area contributed by atoms with E-state index in [-0.39, 0.29) is 5.91 Å². The number of para-hydroxylation sites is 1. The number of aromatic nitrogens is 1. The van der Waals surface area contributed by atoms with Crippen LogP contribution in [0, 0.1) is 0 Å². The maximum atomic E-state index is 13.6. The molecule has 0 radical (unpaired) electrons. The van der Waals surface area contributed by atoms with Crippen molar-refractivity contribution in [3.63, 3.8) is 0 Å². The van der Waals surface area contributed by atoms with Gasteiger partial charge in [-0.1, -0.05) is 77.5 Å². The van der Waals surface area contributed by atoms with E-state index in [0.29, 0.717) is 33.8 Å². The van der Waals surface area contributed by atoms with Crippen LogP contribution in [0.5, 0.6) is 5.75 Å². The molecule has 0 unspecified atom stereocenters. The average molecular weight is 568 g/mol. The molecule has 0 atom stereocenters. The number of thioether (sulfide) groups is 1. The van der Waals surface area contributed by atoms with Gasteiger partial charge in [-0.15, -0.1) is 11.8 Å². The molecule has 0 spiro atoms. The number of anilines is 1. The molecule has 192 valence electrons. The largest absolute Gasteiger partial charge is 0.489 e. The highest BCUT2D eigenvalue weighted by molar-refractivity contribution is 8.00. The smallest absolute Gasteiger partial charge is 0.282 e. The second-order valence-corrected chi connectivity index (χ2v) is 11.3. The van der Waals surface area contributed by atoms with Crippen LogP contribution in [-0.4, -0.2) is 22.4 Å². The zero-order valence-electron chi connectivity index (χ0n) is 20.7. The van der Waals surface area contributed by atoms with E-state index in [2.05, 4.69) is 4.98 Å². The van der Waals surface area contributed by atoms with Gasteiger partial charge in [0.15, 0.2) is 0 Å². The number of hydrogen-bond donors (Lipinski definition) is 0. The summed E-state index contributed by atoms with van der Waals surface area (Å²) in [6.07, 6.45) is 1.89. The minimum Gasteiger partial charge on any atom is -0.489 e. The molecule has 1 aromatic heterocycles. The summed E-state index contributed by atoms with van der Waals surface area (Å²) < 4.78 is 6.93. The number of carbonyl (C=O) groups excluding carboxylic acids is 1. The van der Waals surface area contributed by atoms with Crippen LogP contribution in [0.1, 0.15) is 11.1 Å². The Bertz CT molecular complexity index is 1650. The third kappa shape index (κ3) is 5.91. The van der Waals surface area contributed by atoms with E-state index in [0.717, 1.165) is 32.0 Å². The zero-order chi connectivity index (χ0) is 26.6. The Morgan fingerprint density at radius 1 is 0.897 bits per heavy atom. The zero-order valence-corrected chi connectivity index (χ0v) is 23.0. The van der Waals surface area contributed by atoms with Crippen LogP contribution in [-0.2, 0) is 11.4 Å². The topological polar surface area (TPSA) is 54.8 Å². The fourth-order valence-electron chi connectivity index (χ4n) is 4.04. The molecule has 6 rings (SSSR count). The van der Waals surface area contributed by atoms with Gasteiger partial charge in [-0.25, -0.2) is 4.98 Å². The van der Waals surface area contributed by atoms with Crippen molar-refractivity contribution in [2.45, 2.75) is 11.5 Å². The monoisotopic (exact) mass is 567 g/mol. The predicted octanol–water partition coefficient (Wildman–Crippen LogP) is 8.11. The van der Waals surface area contributed by atoms with E-state index in [1.807, 2.05) is 109 Å². The van der Waals surface area contributed by atoms with Gasteiger partial charge in [0, 0.05) is 15.7 Å². The van der Waals surface area contributed by atoms with E-state index in [9.17, 15) is 4.79 Å². The third-order valence-corrected chi connectivity index (χ3v) is 8.33. The molecule has 5 nitrogen and oxygen atoms in total. The molecule has 2 heterocycles. The first-order valence-electron chi connectivity index (χ1n) is 12.3. The molecule has 1 aliphatic rings. The second kappa shape index (κ2) is 11.5. The minimum absolute atomic E-state index is 0.190. The number of carbonyl (C=O) groups is 1. The first kappa shape index (κ1) is 25.4. The molecule has 5 aromatic rings. The van der Waals surface area contributed by atoms with Gasteiger partial charge in [0.1, 0.15) is 12.4 Å². The molecule has 0 saturated heterocycles. The number of hydrazone groups is 1. The van der Waals surface area contributed by atoms with Crippen molar-refractivity contribution >= 4 is 67.7 Å². The molecule has 0 aliphatic carbocycles. The van der Waals surface area contributed by atoms with Crippen molar-refractivity contribution in [1.29, 1.82) is 0 Å². The molecule has 0 bridgehead atoms. The lowest BCUT2D eigenvalue weighted by Gasteiger charge is -2.08.